The normalized spacial score (nSPS) is 15.2. The molecule has 0 fully saturated rings. The number of aromatic nitrogens is 2. The van der Waals surface area contributed by atoms with E-state index in [1.54, 1.807) is 38.0 Å². The molecule has 28 heavy (non-hydrogen) atoms. The fraction of sp³-hybridized carbons (Fsp3) is 0.524. The molecule has 0 N–H and O–H groups in total. The summed E-state index contributed by atoms with van der Waals surface area (Å²) >= 11 is 0. The van der Waals surface area contributed by atoms with Crippen LogP contribution in [0.15, 0.2) is 24.3 Å². The summed E-state index contributed by atoms with van der Waals surface area (Å²) in [6, 6.07) is 6.68. The van der Waals surface area contributed by atoms with Crippen molar-refractivity contribution in [2.45, 2.75) is 59.1 Å². The van der Waals surface area contributed by atoms with Crippen molar-refractivity contribution in [1.29, 1.82) is 0 Å². The maximum atomic E-state index is 13.4. The quantitative estimate of drug-likeness (QED) is 0.722. The van der Waals surface area contributed by atoms with Crippen molar-refractivity contribution in [3.8, 4) is 11.3 Å². The van der Waals surface area contributed by atoms with Crippen LogP contribution in [-0.4, -0.2) is 39.7 Å². The van der Waals surface area contributed by atoms with Gasteiger partial charge in [-0.25, -0.2) is 9.18 Å². The molecular formula is C21H28FN3O3. The van der Waals surface area contributed by atoms with Gasteiger partial charge in [0.1, 0.15) is 11.4 Å². The number of carbonyl (C=O) groups is 1. The number of hydroxylamine groups is 2. The van der Waals surface area contributed by atoms with Crippen LogP contribution < -0.4 is 0 Å². The Morgan fingerprint density at radius 1 is 1.14 bits per heavy atom. The number of hydrogen-bond acceptors (Lipinski definition) is 5. The van der Waals surface area contributed by atoms with Gasteiger partial charge >= 0.3 is 6.16 Å². The summed E-state index contributed by atoms with van der Waals surface area (Å²) in [5, 5.41) is 6.44. The SMILES string of the molecule is CC(C)n1nc2c(c1-c1ccc(F)cc1)CCN(OC(=O)OC(C)(C)C)CC2. The summed E-state index contributed by atoms with van der Waals surface area (Å²) in [7, 11) is 0. The van der Waals surface area contributed by atoms with Crippen molar-refractivity contribution < 1.29 is 18.8 Å². The third-order valence-electron chi connectivity index (χ3n) is 4.50. The van der Waals surface area contributed by atoms with Gasteiger partial charge in [0.05, 0.1) is 11.4 Å². The van der Waals surface area contributed by atoms with E-state index < -0.39 is 11.8 Å². The molecule has 6 nitrogen and oxygen atoms in total. The smallest absolute Gasteiger partial charge is 0.427 e. The van der Waals surface area contributed by atoms with Crippen LogP contribution in [0.1, 0.15) is 51.9 Å². The van der Waals surface area contributed by atoms with E-state index >= 15 is 0 Å². The van der Waals surface area contributed by atoms with E-state index in [1.165, 1.54) is 12.1 Å². The summed E-state index contributed by atoms with van der Waals surface area (Å²) in [6.07, 6.45) is 0.641. The standard InChI is InChI=1S/C21H28FN3O3/c1-14(2)25-19(15-6-8-16(22)9-7-15)17-10-12-24(13-11-18(17)23-25)28-20(26)27-21(3,4)5/h6-9,14H,10-13H2,1-5H3. The fourth-order valence-electron chi connectivity index (χ4n) is 3.31. The van der Waals surface area contributed by atoms with Gasteiger partial charge in [0, 0.05) is 36.7 Å². The Kier molecular flexibility index (Phi) is 5.74. The van der Waals surface area contributed by atoms with Crippen molar-refractivity contribution in [2.75, 3.05) is 13.1 Å². The third kappa shape index (κ3) is 4.70. The van der Waals surface area contributed by atoms with E-state index in [-0.39, 0.29) is 11.9 Å². The number of fused-ring (bicyclic) bond motifs is 1. The molecule has 1 aliphatic heterocycles. The predicted molar refractivity (Wildman–Crippen MR) is 104 cm³/mol. The topological polar surface area (TPSA) is 56.6 Å². The summed E-state index contributed by atoms with van der Waals surface area (Å²) in [4.78, 5) is 17.3. The highest BCUT2D eigenvalue weighted by Crippen LogP contribution is 2.31. The molecule has 2 heterocycles. The van der Waals surface area contributed by atoms with Crippen LogP contribution in [0.2, 0.25) is 0 Å². The van der Waals surface area contributed by atoms with Crippen molar-refractivity contribution >= 4 is 6.16 Å². The highest BCUT2D eigenvalue weighted by Gasteiger charge is 2.27. The van der Waals surface area contributed by atoms with Crippen LogP contribution in [0, 0.1) is 5.82 Å². The lowest BCUT2D eigenvalue weighted by molar-refractivity contribution is -0.140. The number of carbonyl (C=O) groups excluding carboxylic acids is 1. The molecule has 0 unspecified atom stereocenters. The molecule has 0 amide bonds. The molecule has 1 aromatic carbocycles. The number of benzene rings is 1. The third-order valence-corrected chi connectivity index (χ3v) is 4.50. The van der Waals surface area contributed by atoms with Crippen molar-refractivity contribution in [3.05, 3.63) is 41.3 Å². The Morgan fingerprint density at radius 2 is 1.79 bits per heavy atom. The van der Waals surface area contributed by atoms with Crippen LogP contribution in [0.3, 0.4) is 0 Å². The second-order valence-electron chi connectivity index (χ2n) is 8.30. The number of hydrogen-bond donors (Lipinski definition) is 0. The van der Waals surface area contributed by atoms with Crippen LogP contribution in [0.5, 0.6) is 0 Å². The second kappa shape index (κ2) is 7.91. The average Bonchev–Trinajstić information content (AvgIpc) is 2.84. The Morgan fingerprint density at radius 3 is 2.39 bits per heavy atom. The summed E-state index contributed by atoms with van der Waals surface area (Å²) < 4.78 is 20.6. The molecule has 0 bridgehead atoms. The molecule has 0 radical (unpaired) electrons. The van der Waals surface area contributed by atoms with E-state index in [2.05, 4.69) is 13.8 Å². The van der Waals surface area contributed by atoms with Gasteiger partial charge in [0.2, 0.25) is 0 Å². The zero-order chi connectivity index (χ0) is 20.5. The molecule has 2 aromatic rings. The number of nitrogens with zero attached hydrogens (tertiary/aromatic N) is 3. The van der Waals surface area contributed by atoms with Crippen molar-refractivity contribution in [3.63, 3.8) is 0 Å². The molecule has 0 aliphatic carbocycles. The maximum Gasteiger partial charge on any atom is 0.528 e. The lowest BCUT2D eigenvalue weighted by Gasteiger charge is -2.23. The predicted octanol–water partition coefficient (Wildman–Crippen LogP) is 4.54. The molecule has 1 aromatic heterocycles. The minimum absolute atomic E-state index is 0.182. The number of rotatable bonds is 3. The number of ether oxygens (including phenoxy) is 1. The van der Waals surface area contributed by atoms with Gasteiger partial charge in [-0.1, -0.05) is 0 Å². The Balaban J connectivity index is 1.82. The summed E-state index contributed by atoms with van der Waals surface area (Å²) in [5.41, 5.74) is 3.45. The van der Waals surface area contributed by atoms with E-state index in [4.69, 9.17) is 14.7 Å². The van der Waals surface area contributed by atoms with Gasteiger partial charge in [-0.2, -0.15) is 5.10 Å². The van der Waals surface area contributed by atoms with Crippen molar-refractivity contribution in [2.24, 2.45) is 0 Å². The van der Waals surface area contributed by atoms with Crippen LogP contribution in [-0.2, 0) is 22.4 Å². The zero-order valence-electron chi connectivity index (χ0n) is 17.2. The first-order valence-corrected chi connectivity index (χ1v) is 9.66. The van der Waals surface area contributed by atoms with Gasteiger partial charge in [-0.05, 0) is 65.3 Å². The average molecular weight is 389 g/mol. The maximum absolute atomic E-state index is 13.4. The van der Waals surface area contributed by atoms with Gasteiger partial charge in [-0.15, -0.1) is 5.06 Å². The Bertz CT molecular complexity index is 838. The van der Waals surface area contributed by atoms with Gasteiger partial charge in [-0.3, -0.25) is 4.68 Å². The van der Waals surface area contributed by atoms with E-state index in [0.29, 0.717) is 25.9 Å². The van der Waals surface area contributed by atoms with Gasteiger partial charge in [0.15, 0.2) is 0 Å². The van der Waals surface area contributed by atoms with Gasteiger partial charge < -0.3 is 9.57 Å². The largest absolute Gasteiger partial charge is 0.528 e. The molecule has 1 aliphatic rings. The molecular weight excluding hydrogens is 361 g/mol. The molecule has 0 atom stereocenters. The summed E-state index contributed by atoms with van der Waals surface area (Å²) in [5.74, 6) is -0.262. The lowest BCUT2D eigenvalue weighted by atomic mass is 10.0. The first-order chi connectivity index (χ1) is 13.1. The van der Waals surface area contributed by atoms with Crippen LogP contribution >= 0.6 is 0 Å². The summed E-state index contributed by atoms with van der Waals surface area (Å²) in [6.45, 7) is 10.7. The molecule has 0 spiro atoms. The minimum atomic E-state index is -0.696. The van der Waals surface area contributed by atoms with Crippen molar-refractivity contribution in [1.82, 2.24) is 14.8 Å². The second-order valence-corrected chi connectivity index (χ2v) is 8.30. The zero-order valence-corrected chi connectivity index (χ0v) is 17.2. The minimum Gasteiger partial charge on any atom is -0.427 e. The Labute approximate surface area is 165 Å². The number of halogens is 1. The molecule has 0 saturated heterocycles. The van der Waals surface area contributed by atoms with Gasteiger partial charge in [0.25, 0.3) is 0 Å². The molecule has 152 valence electrons. The van der Waals surface area contributed by atoms with Crippen LogP contribution in [0.25, 0.3) is 11.3 Å². The lowest BCUT2D eigenvalue weighted by Crippen LogP contribution is -2.33. The first-order valence-electron chi connectivity index (χ1n) is 9.66. The van der Waals surface area contributed by atoms with Crippen LogP contribution in [0.4, 0.5) is 9.18 Å². The molecule has 7 heteroatoms. The van der Waals surface area contributed by atoms with E-state index in [0.717, 1.165) is 22.5 Å². The molecule has 0 saturated carbocycles. The highest BCUT2D eigenvalue weighted by atomic mass is 19.1. The molecule has 3 rings (SSSR count). The fourth-order valence-corrected chi connectivity index (χ4v) is 3.31. The van der Waals surface area contributed by atoms with E-state index in [1.807, 2.05) is 4.68 Å². The monoisotopic (exact) mass is 389 g/mol. The Hall–Kier alpha value is -2.41. The van der Waals surface area contributed by atoms with E-state index in [9.17, 15) is 9.18 Å². The highest BCUT2D eigenvalue weighted by molar-refractivity contribution is 5.65. The first kappa shape index (κ1) is 20.3.